The first kappa shape index (κ1) is 12.1. The maximum atomic E-state index is 12.8. The number of hydrogen-bond donors (Lipinski definition) is 0. The van der Waals surface area contributed by atoms with Gasteiger partial charge in [0.05, 0.1) is 0 Å². The van der Waals surface area contributed by atoms with Gasteiger partial charge in [0.15, 0.2) is 5.78 Å². The second-order valence-electron chi connectivity index (χ2n) is 3.68. The van der Waals surface area contributed by atoms with Crippen LogP contribution in [0, 0.1) is 5.41 Å². The molecule has 0 heterocycles. The molecule has 0 saturated carbocycles. The summed E-state index contributed by atoms with van der Waals surface area (Å²) in [6, 6.07) is 0. The second kappa shape index (κ2) is 3.89. The highest BCUT2D eigenvalue weighted by atomic mass is 19.3. The molecule has 2 nitrogen and oxygen atoms in total. The zero-order chi connectivity index (χ0) is 10.8. The van der Waals surface area contributed by atoms with E-state index in [0.29, 0.717) is 0 Å². The fourth-order valence-corrected chi connectivity index (χ4v) is 0.620. The number of ketones is 2. The lowest BCUT2D eigenvalue weighted by molar-refractivity contribution is -0.144. The SMILES string of the molecule is CC(C)(C)C(=O)C(F)C(=O)C(F)F. The fraction of sp³-hybridized carbons (Fsp3) is 0.750. The van der Waals surface area contributed by atoms with E-state index in [1.807, 2.05) is 0 Å². The van der Waals surface area contributed by atoms with Gasteiger partial charge in [-0.3, -0.25) is 9.59 Å². The van der Waals surface area contributed by atoms with E-state index in [4.69, 9.17) is 0 Å². The third kappa shape index (κ3) is 3.16. The van der Waals surface area contributed by atoms with Gasteiger partial charge in [-0.2, -0.15) is 0 Å². The Morgan fingerprint density at radius 1 is 1.08 bits per heavy atom. The summed E-state index contributed by atoms with van der Waals surface area (Å²) in [5.41, 5.74) is -1.12. The minimum Gasteiger partial charge on any atom is -0.295 e. The van der Waals surface area contributed by atoms with E-state index >= 15 is 0 Å². The van der Waals surface area contributed by atoms with E-state index in [-0.39, 0.29) is 0 Å². The molecule has 0 spiro atoms. The Kier molecular flexibility index (Phi) is 3.63. The quantitative estimate of drug-likeness (QED) is 0.644. The standard InChI is InChI=1S/C8H11F3O2/c1-8(2,3)6(13)4(9)5(12)7(10)11/h4,7H,1-3H3. The molecule has 0 aromatic heterocycles. The number of alkyl halides is 3. The van der Waals surface area contributed by atoms with Crippen LogP contribution in [0.2, 0.25) is 0 Å². The van der Waals surface area contributed by atoms with Crippen molar-refractivity contribution in [3.63, 3.8) is 0 Å². The Morgan fingerprint density at radius 2 is 1.46 bits per heavy atom. The molecular formula is C8H11F3O2. The summed E-state index contributed by atoms with van der Waals surface area (Å²) in [6.45, 7) is 4.09. The Morgan fingerprint density at radius 3 is 1.69 bits per heavy atom. The van der Waals surface area contributed by atoms with Gasteiger partial charge in [-0.1, -0.05) is 20.8 Å². The van der Waals surface area contributed by atoms with Crippen LogP contribution in [-0.2, 0) is 9.59 Å². The zero-order valence-electron chi connectivity index (χ0n) is 7.61. The largest absolute Gasteiger partial charge is 0.299 e. The van der Waals surface area contributed by atoms with Crippen molar-refractivity contribution >= 4 is 11.6 Å². The van der Waals surface area contributed by atoms with Crippen LogP contribution in [0.3, 0.4) is 0 Å². The molecule has 0 aliphatic heterocycles. The molecular weight excluding hydrogens is 185 g/mol. The van der Waals surface area contributed by atoms with Crippen LogP contribution in [0.5, 0.6) is 0 Å². The number of halogens is 3. The fourth-order valence-electron chi connectivity index (χ4n) is 0.620. The molecule has 0 saturated heterocycles. The van der Waals surface area contributed by atoms with Crippen molar-refractivity contribution in [1.29, 1.82) is 0 Å². The van der Waals surface area contributed by atoms with Crippen LogP contribution >= 0.6 is 0 Å². The van der Waals surface area contributed by atoms with E-state index in [1.54, 1.807) is 0 Å². The van der Waals surface area contributed by atoms with Crippen molar-refractivity contribution < 1.29 is 22.8 Å². The van der Waals surface area contributed by atoms with Gasteiger partial charge in [0.2, 0.25) is 12.0 Å². The van der Waals surface area contributed by atoms with Gasteiger partial charge in [-0.15, -0.1) is 0 Å². The van der Waals surface area contributed by atoms with Crippen molar-refractivity contribution in [2.75, 3.05) is 0 Å². The Balaban J connectivity index is 4.54. The van der Waals surface area contributed by atoms with E-state index in [1.165, 1.54) is 20.8 Å². The molecule has 76 valence electrons. The normalized spacial score (nSPS) is 14.4. The van der Waals surface area contributed by atoms with Crippen molar-refractivity contribution in [2.24, 2.45) is 5.41 Å². The minimum absolute atomic E-state index is 1.11. The number of rotatable bonds is 3. The molecule has 0 radical (unpaired) electrons. The topological polar surface area (TPSA) is 34.1 Å². The molecule has 1 unspecified atom stereocenters. The lowest BCUT2D eigenvalue weighted by Gasteiger charge is -2.18. The van der Waals surface area contributed by atoms with Crippen LogP contribution in [0.25, 0.3) is 0 Å². The number of carbonyl (C=O) groups excluding carboxylic acids is 2. The number of hydrogen-bond acceptors (Lipinski definition) is 2. The number of carbonyl (C=O) groups is 2. The maximum Gasteiger partial charge on any atom is 0.299 e. The zero-order valence-corrected chi connectivity index (χ0v) is 7.61. The molecule has 0 fully saturated rings. The maximum absolute atomic E-state index is 12.8. The first-order chi connectivity index (χ1) is 5.68. The van der Waals surface area contributed by atoms with Crippen LogP contribution < -0.4 is 0 Å². The second-order valence-corrected chi connectivity index (χ2v) is 3.68. The van der Waals surface area contributed by atoms with Crippen molar-refractivity contribution in [2.45, 2.75) is 33.4 Å². The van der Waals surface area contributed by atoms with Gasteiger partial charge in [-0.25, -0.2) is 13.2 Å². The third-order valence-electron chi connectivity index (χ3n) is 1.43. The highest BCUT2D eigenvalue weighted by Crippen LogP contribution is 2.20. The smallest absolute Gasteiger partial charge is 0.295 e. The van der Waals surface area contributed by atoms with Crippen molar-refractivity contribution in [3.8, 4) is 0 Å². The molecule has 13 heavy (non-hydrogen) atoms. The Hall–Kier alpha value is -0.870. The molecule has 0 N–H and O–H groups in total. The molecule has 0 amide bonds. The summed E-state index contributed by atoms with van der Waals surface area (Å²) in [5, 5.41) is 0. The highest BCUT2D eigenvalue weighted by molar-refractivity contribution is 6.08. The summed E-state index contributed by atoms with van der Waals surface area (Å²) < 4.78 is 36.1. The average Bonchev–Trinajstić information content (AvgIpc) is 1.98. The monoisotopic (exact) mass is 196 g/mol. The lowest BCUT2D eigenvalue weighted by Crippen LogP contribution is -2.37. The van der Waals surface area contributed by atoms with Crippen molar-refractivity contribution in [3.05, 3.63) is 0 Å². The van der Waals surface area contributed by atoms with E-state index in [0.717, 1.165) is 0 Å². The van der Waals surface area contributed by atoms with Gasteiger partial charge in [-0.05, 0) is 0 Å². The highest BCUT2D eigenvalue weighted by Gasteiger charge is 2.38. The van der Waals surface area contributed by atoms with E-state index in [2.05, 4.69) is 0 Å². The molecule has 0 aliphatic carbocycles. The summed E-state index contributed by atoms with van der Waals surface area (Å²) in [4.78, 5) is 21.4. The molecule has 5 heteroatoms. The predicted molar refractivity (Wildman–Crippen MR) is 40.4 cm³/mol. The van der Waals surface area contributed by atoms with E-state index < -0.39 is 29.6 Å². The molecule has 0 aliphatic rings. The van der Waals surface area contributed by atoms with Crippen LogP contribution in [0.1, 0.15) is 20.8 Å². The minimum atomic E-state index is -3.43. The molecule has 0 aromatic carbocycles. The first-order valence-corrected chi connectivity index (χ1v) is 3.68. The molecule has 0 aromatic rings. The van der Waals surface area contributed by atoms with Gasteiger partial charge >= 0.3 is 0 Å². The first-order valence-electron chi connectivity index (χ1n) is 3.68. The average molecular weight is 196 g/mol. The summed E-state index contributed by atoms with van der Waals surface area (Å²) in [6.07, 6.45) is -6.14. The molecule has 0 bridgehead atoms. The Labute approximate surface area is 74.1 Å². The lowest BCUT2D eigenvalue weighted by atomic mass is 9.87. The summed E-state index contributed by atoms with van der Waals surface area (Å²) in [5.74, 6) is -3.07. The van der Waals surface area contributed by atoms with E-state index in [9.17, 15) is 22.8 Å². The van der Waals surface area contributed by atoms with Crippen LogP contribution in [-0.4, -0.2) is 24.2 Å². The summed E-state index contributed by atoms with van der Waals surface area (Å²) >= 11 is 0. The van der Waals surface area contributed by atoms with Crippen molar-refractivity contribution in [1.82, 2.24) is 0 Å². The van der Waals surface area contributed by atoms with Crippen LogP contribution in [0.15, 0.2) is 0 Å². The van der Waals surface area contributed by atoms with Gasteiger partial charge < -0.3 is 0 Å². The van der Waals surface area contributed by atoms with Gasteiger partial charge in [0.25, 0.3) is 6.43 Å². The number of Topliss-reactive ketones (excluding diaryl/α,β-unsaturated/α-hetero) is 2. The third-order valence-corrected chi connectivity index (χ3v) is 1.43. The Bertz CT molecular complexity index is 218. The molecule has 0 rings (SSSR count). The van der Waals surface area contributed by atoms with Gasteiger partial charge in [0.1, 0.15) is 0 Å². The molecule has 1 atom stereocenters. The summed E-state index contributed by atoms with van der Waals surface area (Å²) in [7, 11) is 0. The van der Waals surface area contributed by atoms with Gasteiger partial charge in [0, 0.05) is 5.41 Å². The predicted octanol–water partition coefficient (Wildman–Crippen LogP) is 1.77. The van der Waals surface area contributed by atoms with Crippen LogP contribution in [0.4, 0.5) is 13.2 Å².